The van der Waals surface area contributed by atoms with Gasteiger partial charge in [0.15, 0.2) is 0 Å². The van der Waals surface area contributed by atoms with Crippen molar-refractivity contribution in [3.05, 3.63) is 51.7 Å². The molecule has 0 saturated heterocycles. The normalized spacial score (nSPS) is 17.3. The number of rotatable bonds is 4. The van der Waals surface area contributed by atoms with Gasteiger partial charge >= 0.3 is 0 Å². The van der Waals surface area contributed by atoms with Crippen LogP contribution in [0.2, 0.25) is 0 Å². The van der Waals surface area contributed by atoms with Gasteiger partial charge in [0, 0.05) is 16.6 Å². The summed E-state index contributed by atoms with van der Waals surface area (Å²) in [7, 11) is 0. The average Bonchev–Trinajstić information content (AvgIpc) is 2.96. The number of hydrogen-bond donors (Lipinski definition) is 2. The maximum Gasteiger partial charge on any atom is 0.238 e. The Hall–Kier alpha value is -1.65. The van der Waals surface area contributed by atoms with Crippen LogP contribution in [0.5, 0.6) is 0 Å². The number of hydrogen-bond acceptors (Lipinski definition) is 3. The highest BCUT2D eigenvalue weighted by Gasteiger charge is 2.21. The Kier molecular flexibility index (Phi) is 4.36. The molecule has 1 aliphatic carbocycles. The molecule has 1 unspecified atom stereocenters. The van der Waals surface area contributed by atoms with Crippen LogP contribution < -0.4 is 10.6 Å². The molecule has 1 heterocycles. The Morgan fingerprint density at radius 3 is 2.90 bits per heavy atom. The summed E-state index contributed by atoms with van der Waals surface area (Å²) >= 11 is 1.83. The third-order valence-corrected chi connectivity index (χ3v) is 4.89. The molecule has 3 rings (SSSR count). The minimum absolute atomic E-state index is 0.0150. The van der Waals surface area contributed by atoms with E-state index in [0.717, 1.165) is 12.1 Å². The molecule has 4 heteroatoms. The molecule has 0 radical (unpaired) electrons. The molecule has 1 atom stereocenters. The molecule has 1 aliphatic rings. The van der Waals surface area contributed by atoms with E-state index in [1.54, 1.807) is 0 Å². The molecule has 2 aromatic rings. The first-order chi connectivity index (χ1) is 10.2. The van der Waals surface area contributed by atoms with Crippen molar-refractivity contribution in [3.63, 3.8) is 0 Å². The average molecular weight is 300 g/mol. The maximum atomic E-state index is 12.0. The zero-order valence-electron chi connectivity index (χ0n) is 12.2. The van der Waals surface area contributed by atoms with Gasteiger partial charge in [-0.1, -0.05) is 17.7 Å². The Morgan fingerprint density at radius 2 is 2.10 bits per heavy atom. The van der Waals surface area contributed by atoms with E-state index in [1.807, 2.05) is 42.5 Å². The summed E-state index contributed by atoms with van der Waals surface area (Å²) in [5.74, 6) is 0.0150. The van der Waals surface area contributed by atoms with Gasteiger partial charge in [-0.15, -0.1) is 11.3 Å². The summed E-state index contributed by atoms with van der Waals surface area (Å²) in [6.45, 7) is 2.39. The number of benzene rings is 1. The number of thiophene rings is 1. The molecule has 0 bridgehead atoms. The van der Waals surface area contributed by atoms with Crippen molar-refractivity contribution >= 4 is 22.9 Å². The molecule has 21 heavy (non-hydrogen) atoms. The van der Waals surface area contributed by atoms with Crippen LogP contribution in [-0.2, 0) is 11.2 Å². The van der Waals surface area contributed by atoms with Crippen molar-refractivity contribution in [2.24, 2.45) is 0 Å². The summed E-state index contributed by atoms with van der Waals surface area (Å²) in [6, 6.07) is 10.4. The van der Waals surface area contributed by atoms with Gasteiger partial charge < -0.3 is 10.6 Å². The molecular weight excluding hydrogens is 280 g/mol. The largest absolute Gasteiger partial charge is 0.325 e. The van der Waals surface area contributed by atoms with E-state index < -0.39 is 0 Å². The van der Waals surface area contributed by atoms with Crippen molar-refractivity contribution in [2.75, 3.05) is 11.9 Å². The van der Waals surface area contributed by atoms with E-state index in [1.165, 1.54) is 28.8 Å². The zero-order chi connectivity index (χ0) is 14.7. The number of carbonyl (C=O) groups excluding carboxylic acids is 1. The standard InChI is InChI=1S/C17H20N2OS/c1-12-5-7-13(8-6-12)19-17(20)11-18-15-3-2-4-16-14(15)9-10-21-16/h5-10,15,18H,2-4,11H2,1H3,(H,19,20). The lowest BCUT2D eigenvalue weighted by Crippen LogP contribution is -2.32. The topological polar surface area (TPSA) is 41.1 Å². The molecular formula is C17H20N2OS. The second-order valence-electron chi connectivity index (χ2n) is 5.54. The van der Waals surface area contributed by atoms with Crippen molar-refractivity contribution in [3.8, 4) is 0 Å². The highest BCUT2D eigenvalue weighted by Crippen LogP contribution is 2.33. The van der Waals surface area contributed by atoms with Gasteiger partial charge in [-0.3, -0.25) is 4.79 Å². The van der Waals surface area contributed by atoms with Crippen LogP contribution in [0.25, 0.3) is 0 Å². The maximum absolute atomic E-state index is 12.0. The first-order valence-electron chi connectivity index (χ1n) is 7.38. The van der Waals surface area contributed by atoms with Gasteiger partial charge in [0.25, 0.3) is 0 Å². The van der Waals surface area contributed by atoms with Gasteiger partial charge in [0.2, 0.25) is 5.91 Å². The molecule has 3 nitrogen and oxygen atoms in total. The Bertz CT molecular complexity index is 618. The predicted octanol–water partition coefficient (Wildman–Crippen LogP) is 3.66. The number of nitrogens with one attached hydrogen (secondary N) is 2. The number of amides is 1. The minimum atomic E-state index is 0.0150. The van der Waals surface area contributed by atoms with E-state index in [-0.39, 0.29) is 5.91 Å². The number of aryl methyl sites for hydroxylation is 2. The van der Waals surface area contributed by atoms with Crippen molar-refractivity contribution < 1.29 is 4.79 Å². The monoisotopic (exact) mass is 300 g/mol. The Labute approximate surface area is 129 Å². The van der Waals surface area contributed by atoms with Crippen molar-refractivity contribution in [1.29, 1.82) is 0 Å². The fourth-order valence-corrected chi connectivity index (χ4v) is 3.74. The van der Waals surface area contributed by atoms with E-state index in [9.17, 15) is 4.79 Å². The van der Waals surface area contributed by atoms with Gasteiger partial charge in [0.05, 0.1) is 6.54 Å². The third kappa shape index (κ3) is 3.52. The summed E-state index contributed by atoms with van der Waals surface area (Å²) in [6.07, 6.45) is 3.49. The summed E-state index contributed by atoms with van der Waals surface area (Å²) in [5, 5.41) is 8.47. The zero-order valence-corrected chi connectivity index (χ0v) is 13.0. The highest BCUT2D eigenvalue weighted by molar-refractivity contribution is 7.10. The molecule has 2 N–H and O–H groups in total. The first-order valence-corrected chi connectivity index (χ1v) is 8.26. The van der Waals surface area contributed by atoms with Gasteiger partial charge in [-0.2, -0.15) is 0 Å². The van der Waals surface area contributed by atoms with Crippen LogP contribution in [0.3, 0.4) is 0 Å². The molecule has 0 aliphatic heterocycles. The van der Waals surface area contributed by atoms with E-state index in [2.05, 4.69) is 22.1 Å². The number of carbonyl (C=O) groups is 1. The van der Waals surface area contributed by atoms with E-state index >= 15 is 0 Å². The van der Waals surface area contributed by atoms with Gasteiger partial charge in [-0.25, -0.2) is 0 Å². The molecule has 1 amide bonds. The SMILES string of the molecule is Cc1ccc(NC(=O)CNC2CCCc3sccc32)cc1. The highest BCUT2D eigenvalue weighted by atomic mass is 32.1. The summed E-state index contributed by atoms with van der Waals surface area (Å²) in [5.41, 5.74) is 3.43. The lowest BCUT2D eigenvalue weighted by molar-refractivity contribution is -0.115. The summed E-state index contributed by atoms with van der Waals surface area (Å²) in [4.78, 5) is 13.5. The molecule has 1 aromatic carbocycles. The molecule has 0 saturated carbocycles. The minimum Gasteiger partial charge on any atom is -0.325 e. The van der Waals surface area contributed by atoms with Crippen molar-refractivity contribution in [2.45, 2.75) is 32.2 Å². The van der Waals surface area contributed by atoms with Gasteiger partial charge in [-0.05, 0) is 55.3 Å². The molecule has 0 spiro atoms. The fraction of sp³-hybridized carbons (Fsp3) is 0.353. The van der Waals surface area contributed by atoms with Crippen LogP contribution in [-0.4, -0.2) is 12.5 Å². The lowest BCUT2D eigenvalue weighted by atomic mass is 9.94. The Morgan fingerprint density at radius 1 is 1.29 bits per heavy atom. The molecule has 110 valence electrons. The third-order valence-electron chi connectivity index (χ3n) is 3.90. The van der Waals surface area contributed by atoms with E-state index in [0.29, 0.717) is 12.6 Å². The second-order valence-corrected chi connectivity index (χ2v) is 6.54. The fourth-order valence-electron chi connectivity index (χ4n) is 2.76. The van der Waals surface area contributed by atoms with Crippen LogP contribution in [0.1, 0.15) is 34.9 Å². The van der Waals surface area contributed by atoms with Crippen LogP contribution in [0, 0.1) is 6.92 Å². The number of fused-ring (bicyclic) bond motifs is 1. The summed E-state index contributed by atoms with van der Waals surface area (Å²) < 4.78 is 0. The predicted molar refractivity (Wildman–Crippen MR) is 87.8 cm³/mol. The smallest absolute Gasteiger partial charge is 0.238 e. The second kappa shape index (κ2) is 6.41. The van der Waals surface area contributed by atoms with Crippen LogP contribution in [0.4, 0.5) is 5.69 Å². The van der Waals surface area contributed by atoms with Crippen LogP contribution >= 0.6 is 11.3 Å². The molecule has 1 aromatic heterocycles. The molecule has 0 fully saturated rings. The number of anilines is 1. The quantitative estimate of drug-likeness (QED) is 0.904. The first kappa shape index (κ1) is 14.3. The van der Waals surface area contributed by atoms with Gasteiger partial charge in [0.1, 0.15) is 0 Å². The van der Waals surface area contributed by atoms with E-state index in [4.69, 9.17) is 0 Å². The van der Waals surface area contributed by atoms with Crippen LogP contribution in [0.15, 0.2) is 35.7 Å². The van der Waals surface area contributed by atoms with Crippen molar-refractivity contribution in [1.82, 2.24) is 5.32 Å². The Balaban J connectivity index is 1.54. The lowest BCUT2D eigenvalue weighted by Gasteiger charge is -2.23.